The molecule has 0 aliphatic heterocycles. The van der Waals surface area contributed by atoms with Crippen molar-refractivity contribution in [2.45, 2.75) is 6.92 Å². The number of ether oxygens (including phenoxy) is 1. The molecule has 0 unspecified atom stereocenters. The highest BCUT2D eigenvalue weighted by molar-refractivity contribution is 6.12. The van der Waals surface area contributed by atoms with Crippen molar-refractivity contribution in [2.75, 3.05) is 19.5 Å². The maximum Gasteiger partial charge on any atom is 0.227 e. The molecule has 22 heavy (non-hydrogen) atoms. The van der Waals surface area contributed by atoms with Gasteiger partial charge in [0.1, 0.15) is 11.6 Å². The van der Waals surface area contributed by atoms with E-state index in [1.54, 1.807) is 45.3 Å². The number of ketones is 1. The van der Waals surface area contributed by atoms with Gasteiger partial charge in [-0.3, -0.25) is 4.79 Å². The molecule has 0 radical (unpaired) electrons. The molecule has 2 heterocycles. The van der Waals surface area contributed by atoms with Gasteiger partial charge in [-0.2, -0.15) is 14.6 Å². The maximum absolute atomic E-state index is 12.7. The number of aryl methyl sites for hydroxylation is 1. The Morgan fingerprint density at radius 1 is 1.23 bits per heavy atom. The number of nitrogens with one attached hydrogen (secondary N) is 1. The van der Waals surface area contributed by atoms with Gasteiger partial charge < -0.3 is 10.1 Å². The molecule has 0 aliphatic rings. The molecule has 0 saturated carbocycles. The third kappa shape index (κ3) is 2.26. The SMILES string of the molecule is CNc1nc(C)nc2c(C(=O)c3ccc(OC)cc3)cnn12. The molecular weight excluding hydrogens is 282 g/mol. The summed E-state index contributed by atoms with van der Waals surface area (Å²) >= 11 is 0. The van der Waals surface area contributed by atoms with E-state index in [2.05, 4.69) is 20.4 Å². The molecule has 112 valence electrons. The maximum atomic E-state index is 12.7. The van der Waals surface area contributed by atoms with E-state index in [0.29, 0.717) is 34.3 Å². The summed E-state index contributed by atoms with van der Waals surface area (Å²) in [5.41, 5.74) is 1.47. The Kier molecular flexibility index (Phi) is 3.46. The average Bonchev–Trinajstić information content (AvgIpc) is 2.97. The van der Waals surface area contributed by atoms with Crippen LogP contribution in [0.3, 0.4) is 0 Å². The first-order valence-corrected chi connectivity index (χ1v) is 6.73. The predicted molar refractivity (Wildman–Crippen MR) is 81.5 cm³/mol. The van der Waals surface area contributed by atoms with Crippen LogP contribution in [0.2, 0.25) is 0 Å². The summed E-state index contributed by atoms with van der Waals surface area (Å²) in [6.45, 7) is 1.77. The summed E-state index contributed by atoms with van der Waals surface area (Å²) in [4.78, 5) is 21.2. The average molecular weight is 297 g/mol. The second kappa shape index (κ2) is 5.44. The highest BCUT2D eigenvalue weighted by atomic mass is 16.5. The van der Waals surface area contributed by atoms with Crippen molar-refractivity contribution in [3.05, 3.63) is 47.4 Å². The van der Waals surface area contributed by atoms with Crippen LogP contribution in [0.4, 0.5) is 5.95 Å². The van der Waals surface area contributed by atoms with E-state index < -0.39 is 0 Å². The number of anilines is 1. The van der Waals surface area contributed by atoms with Gasteiger partial charge in [-0.1, -0.05) is 0 Å². The zero-order valence-corrected chi connectivity index (χ0v) is 12.5. The summed E-state index contributed by atoms with van der Waals surface area (Å²) in [6.07, 6.45) is 1.51. The van der Waals surface area contributed by atoms with Gasteiger partial charge in [-0.05, 0) is 31.2 Å². The second-order valence-corrected chi connectivity index (χ2v) is 4.70. The normalized spacial score (nSPS) is 10.7. The lowest BCUT2D eigenvalue weighted by Crippen LogP contribution is -2.08. The lowest BCUT2D eigenvalue weighted by atomic mass is 10.1. The Balaban J connectivity index is 2.09. The van der Waals surface area contributed by atoms with Gasteiger partial charge in [0, 0.05) is 12.6 Å². The quantitative estimate of drug-likeness (QED) is 0.738. The Morgan fingerprint density at radius 2 is 1.95 bits per heavy atom. The number of fused-ring (bicyclic) bond motifs is 1. The van der Waals surface area contributed by atoms with E-state index in [1.165, 1.54) is 10.7 Å². The number of hydrogen-bond acceptors (Lipinski definition) is 6. The fourth-order valence-corrected chi connectivity index (χ4v) is 2.20. The Morgan fingerprint density at radius 3 is 2.59 bits per heavy atom. The summed E-state index contributed by atoms with van der Waals surface area (Å²) < 4.78 is 6.62. The zero-order chi connectivity index (χ0) is 15.7. The van der Waals surface area contributed by atoms with E-state index in [4.69, 9.17) is 4.74 Å². The molecule has 1 N–H and O–H groups in total. The van der Waals surface area contributed by atoms with Gasteiger partial charge in [0.2, 0.25) is 5.95 Å². The second-order valence-electron chi connectivity index (χ2n) is 4.70. The van der Waals surface area contributed by atoms with E-state index in [0.717, 1.165) is 0 Å². The van der Waals surface area contributed by atoms with Crippen molar-refractivity contribution in [3.8, 4) is 5.75 Å². The van der Waals surface area contributed by atoms with Crippen molar-refractivity contribution in [1.82, 2.24) is 19.6 Å². The number of aromatic nitrogens is 4. The number of methoxy groups -OCH3 is 1. The van der Waals surface area contributed by atoms with Gasteiger partial charge in [0.25, 0.3) is 0 Å². The Labute approximate surface area is 127 Å². The topological polar surface area (TPSA) is 81.4 Å². The third-order valence-electron chi connectivity index (χ3n) is 3.30. The monoisotopic (exact) mass is 297 g/mol. The molecule has 7 nitrogen and oxygen atoms in total. The summed E-state index contributed by atoms with van der Waals surface area (Å²) in [6, 6.07) is 6.94. The number of hydrogen-bond donors (Lipinski definition) is 1. The minimum Gasteiger partial charge on any atom is -0.497 e. The van der Waals surface area contributed by atoms with Gasteiger partial charge in [0.05, 0.1) is 18.9 Å². The summed E-state index contributed by atoms with van der Waals surface area (Å²) in [5, 5.41) is 7.13. The minimum atomic E-state index is -0.141. The molecule has 3 rings (SSSR count). The zero-order valence-electron chi connectivity index (χ0n) is 12.5. The van der Waals surface area contributed by atoms with Crippen LogP contribution in [-0.2, 0) is 0 Å². The van der Waals surface area contributed by atoms with E-state index in [1.807, 2.05) is 0 Å². The lowest BCUT2D eigenvalue weighted by Gasteiger charge is -2.05. The molecule has 0 fully saturated rings. The van der Waals surface area contributed by atoms with Crippen molar-refractivity contribution in [3.63, 3.8) is 0 Å². The lowest BCUT2D eigenvalue weighted by molar-refractivity contribution is 0.104. The van der Waals surface area contributed by atoms with Gasteiger partial charge in [0.15, 0.2) is 11.4 Å². The van der Waals surface area contributed by atoms with E-state index in [9.17, 15) is 4.79 Å². The minimum absolute atomic E-state index is 0.141. The predicted octanol–water partition coefficient (Wildman–Crippen LogP) is 1.71. The molecular formula is C15H15N5O2. The Bertz CT molecular complexity index is 839. The molecule has 3 aromatic rings. The summed E-state index contributed by atoms with van der Waals surface area (Å²) in [7, 11) is 3.33. The van der Waals surface area contributed by atoms with Crippen LogP contribution in [0.15, 0.2) is 30.5 Å². The number of rotatable bonds is 4. The van der Waals surface area contributed by atoms with Crippen LogP contribution in [0, 0.1) is 6.92 Å². The van der Waals surface area contributed by atoms with Crippen LogP contribution < -0.4 is 10.1 Å². The van der Waals surface area contributed by atoms with Gasteiger partial charge in [-0.15, -0.1) is 0 Å². The number of carbonyl (C=O) groups is 1. The fourth-order valence-electron chi connectivity index (χ4n) is 2.20. The van der Waals surface area contributed by atoms with Gasteiger partial charge >= 0.3 is 0 Å². The van der Waals surface area contributed by atoms with Crippen molar-refractivity contribution in [1.29, 1.82) is 0 Å². The third-order valence-corrected chi connectivity index (χ3v) is 3.30. The van der Waals surface area contributed by atoms with Crippen LogP contribution >= 0.6 is 0 Å². The van der Waals surface area contributed by atoms with Crippen molar-refractivity contribution < 1.29 is 9.53 Å². The van der Waals surface area contributed by atoms with E-state index in [-0.39, 0.29) is 5.78 Å². The number of carbonyl (C=O) groups excluding carboxylic acids is 1. The fraction of sp³-hybridized carbons (Fsp3) is 0.200. The first-order chi connectivity index (χ1) is 10.6. The molecule has 1 aromatic carbocycles. The highest BCUT2D eigenvalue weighted by Crippen LogP contribution is 2.19. The molecule has 0 aliphatic carbocycles. The van der Waals surface area contributed by atoms with Crippen LogP contribution in [0.25, 0.3) is 5.65 Å². The van der Waals surface area contributed by atoms with Crippen LogP contribution in [0.1, 0.15) is 21.7 Å². The molecule has 2 aromatic heterocycles. The molecule has 0 amide bonds. The highest BCUT2D eigenvalue weighted by Gasteiger charge is 2.18. The molecule has 0 saturated heterocycles. The Hall–Kier alpha value is -2.96. The van der Waals surface area contributed by atoms with Crippen LogP contribution in [-0.4, -0.2) is 39.5 Å². The van der Waals surface area contributed by atoms with Crippen molar-refractivity contribution in [2.24, 2.45) is 0 Å². The largest absolute Gasteiger partial charge is 0.497 e. The van der Waals surface area contributed by atoms with Crippen LogP contribution in [0.5, 0.6) is 5.75 Å². The summed E-state index contributed by atoms with van der Waals surface area (Å²) in [5.74, 6) is 1.67. The van der Waals surface area contributed by atoms with Gasteiger partial charge in [-0.25, -0.2) is 4.98 Å². The number of benzene rings is 1. The first-order valence-electron chi connectivity index (χ1n) is 6.73. The smallest absolute Gasteiger partial charge is 0.227 e. The number of nitrogens with zero attached hydrogens (tertiary/aromatic N) is 4. The molecule has 0 bridgehead atoms. The first kappa shape index (κ1) is 14.0. The van der Waals surface area contributed by atoms with E-state index >= 15 is 0 Å². The molecule has 7 heteroatoms. The molecule has 0 spiro atoms. The van der Waals surface area contributed by atoms with Crippen molar-refractivity contribution >= 4 is 17.4 Å². The standard InChI is InChI=1S/C15H15N5O2/c1-9-18-14-12(8-17-20(14)15(16-2)19-9)13(21)10-4-6-11(22-3)7-5-10/h4-8H,1-3H3,(H,16,18,19). The molecule has 0 atom stereocenters.